The largest absolute Gasteiger partial charge is 0.393 e. The highest BCUT2D eigenvalue weighted by molar-refractivity contribution is 5.83. The molecular formula is C18H20N6O2. The Labute approximate surface area is 150 Å². The van der Waals surface area contributed by atoms with Gasteiger partial charge in [-0.2, -0.15) is 0 Å². The summed E-state index contributed by atoms with van der Waals surface area (Å²) in [6.45, 7) is 4.06. The first-order chi connectivity index (χ1) is 12.5. The van der Waals surface area contributed by atoms with Crippen LogP contribution in [0.3, 0.4) is 0 Å². The number of aromatic amines is 1. The van der Waals surface area contributed by atoms with Crippen LogP contribution < -0.4 is 10.6 Å². The Balaban J connectivity index is 1.68. The van der Waals surface area contributed by atoms with E-state index >= 15 is 0 Å². The van der Waals surface area contributed by atoms with Crippen molar-refractivity contribution in [2.24, 2.45) is 0 Å². The smallest absolute Gasteiger partial charge is 0.292 e. The summed E-state index contributed by atoms with van der Waals surface area (Å²) >= 11 is 0. The number of nitro benzene ring substituents is 1. The monoisotopic (exact) mass is 352 g/mol. The first-order valence-electron chi connectivity index (χ1n) is 8.49. The van der Waals surface area contributed by atoms with Crippen LogP contribution in [0, 0.1) is 10.1 Å². The third kappa shape index (κ3) is 2.95. The number of nitro groups is 1. The maximum Gasteiger partial charge on any atom is 0.292 e. The summed E-state index contributed by atoms with van der Waals surface area (Å²) in [5.41, 5.74) is 9.24. The van der Waals surface area contributed by atoms with Crippen molar-refractivity contribution in [1.29, 1.82) is 0 Å². The number of aromatic nitrogens is 2. The lowest BCUT2D eigenvalue weighted by atomic mass is 10.1. The number of nitrogens with zero attached hydrogens (tertiary/aromatic N) is 4. The van der Waals surface area contributed by atoms with Crippen molar-refractivity contribution in [2.75, 3.05) is 43.9 Å². The molecule has 1 fully saturated rings. The summed E-state index contributed by atoms with van der Waals surface area (Å²) in [7, 11) is 2.13. The fourth-order valence-electron chi connectivity index (χ4n) is 3.24. The van der Waals surface area contributed by atoms with Gasteiger partial charge < -0.3 is 20.5 Å². The molecule has 1 aliphatic heterocycles. The first kappa shape index (κ1) is 16.3. The minimum Gasteiger partial charge on any atom is -0.393 e. The summed E-state index contributed by atoms with van der Waals surface area (Å²) in [6.07, 6.45) is 0. The van der Waals surface area contributed by atoms with Crippen LogP contribution in [-0.2, 0) is 0 Å². The average Bonchev–Trinajstić information content (AvgIpc) is 3.05. The highest BCUT2D eigenvalue weighted by Crippen LogP contribution is 2.29. The van der Waals surface area contributed by atoms with Gasteiger partial charge in [0.1, 0.15) is 11.5 Å². The summed E-state index contributed by atoms with van der Waals surface area (Å²) in [5.74, 6) is 0.596. The van der Waals surface area contributed by atoms with Crippen molar-refractivity contribution in [3.63, 3.8) is 0 Å². The van der Waals surface area contributed by atoms with E-state index < -0.39 is 4.92 Å². The minimum absolute atomic E-state index is 0.110. The fraction of sp³-hybridized carbons (Fsp3) is 0.278. The lowest BCUT2D eigenvalue weighted by molar-refractivity contribution is -0.383. The molecule has 3 N–H and O–H groups in total. The van der Waals surface area contributed by atoms with E-state index in [1.807, 2.05) is 6.07 Å². The third-order valence-electron chi connectivity index (χ3n) is 4.84. The van der Waals surface area contributed by atoms with Crippen LogP contribution >= 0.6 is 0 Å². The summed E-state index contributed by atoms with van der Waals surface area (Å²) < 4.78 is 0. The molecule has 0 spiro atoms. The van der Waals surface area contributed by atoms with Gasteiger partial charge >= 0.3 is 0 Å². The lowest BCUT2D eigenvalue weighted by Crippen LogP contribution is -2.44. The zero-order valence-electron chi connectivity index (χ0n) is 14.5. The number of fused-ring (bicyclic) bond motifs is 1. The molecule has 4 rings (SSSR count). The molecule has 2 heterocycles. The molecule has 3 aromatic rings. The van der Waals surface area contributed by atoms with Gasteiger partial charge in [0.15, 0.2) is 0 Å². The molecule has 8 heteroatoms. The van der Waals surface area contributed by atoms with E-state index in [-0.39, 0.29) is 11.4 Å². The van der Waals surface area contributed by atoms with Gasteiger partial charge in [-0.3, -0.25) is 10.1 Å². The van der Waals surface area contributed by atoms with Crippen LogP contribution in [0.2, 0.25) is 0 Å². The number of piperazine rings is 1. The highest BCUT2D eigenvalue weighted by atomic mass is 16.6. The van der Waals surface area contributed by atoms with Crippen LogP contribution in [0.1, 0.15) is 0 Å². The van der Waals surface area contributed by atoms with Crippen LogP contribution in [0.15, 0.2) is 36.4 Å². The molecule has 0 aliphatic carbocycles. The number of imidazole rings is 1. The number of likely N-dealkylation sites (N-methyl/N-ethyl adjacent to an activating group) is 1. The quantitative estimate of drug-likeness (QED) is 0.426. The van der Waals surface area contributed by atoms with Crippen molar-refractivity contribution < 1.29 is 4.92 Å². The average molecular weight is 352 g/mol. The van der Waals surface area contributed by atoms with Crippen molar-refractivity contribution in [1.82, 2.24) is 14.9 Å². The second kappa shape index (κ2) is 6.30. The van der Waals surface area contributed by atoms with Gasteiger partial charge in [0.25, 0.3) is 5.69 Å². The predicted octanol–water partition coefficient (Wildman–Crippen LogP) is 2.47. The Morgan fingerprint density at radius 1 is 1.15 bits per heavy atom. The highest BCUT2D eigenvalue weighted by Gasteiger charge is 2.17. The summed E-state index contributed by atoms with van der Waals surface area (Å²) in [5, 5.41) is 11.1. The molecular weight excluding hydrogens is 332 g/mol. The van der Waals surface area contributed by atoms with E-state index in [1.54, 1.807) is 6.07 Å². The molecule has 0 saturated carbocycles. The lowest BCUT2D eigenvalue weighted by Gasteiger charge is -2.34. The molecule has 1 aliphatic rings. The zero-order chi connectivity index (χ0) is 18.3. The van der Waals surface area contributed by atoms with Gasteiger partial charge in [-0.15, -0.1) is 0 Å². The zero-order valence-corrected chi connectivity index (χ0v) is 14.5. The predicted molar refractivity (Wildman–Crippen MR) is 102 cm³/mol. The Bertz CT molecular complexity index is 975. The molecule has 0 atom stereocenters. The van der Waals surface area contributed by atoms with Gasteiger partial charge in [0.2, 0.25) is 0 Å². The molecule has 8 nitrogen and oxygen atoms in total. The van der Waals surface area contributed by atoms with E-state index in [0.29, 0.717) is 11.4 Å². The molecule has 0 unspecified atom stereocenters. The number of nitrogen functional groups attached to an aromatic ring is 1. The normalized spacial score (nSPS) is 15.5. The van der Waals surface area contributed by atoms with Crippen molar-refractivity contribution in [3.05, 3.63) is 46.5 Å². The molecule has 1 aromatic heterocycles. The number of benzene rings is 2. The second-order valence-corrected chi connectivity index (χ2v) is 6.61. The Morgan fingerprint density at radius 3 is 2.65 bits per heavy atom. The van der Waals surface area contributed by atoms with Gasteiger partial charge in [0, 0.05) is 43.5 Å². The molecule has 2 aromatic carbocycles. The maximum atomic E-state index is 11.1. The Kier molecular flexibility index (Phi) is 3.96. The van der Waals surface area contributed by atoms with Crippen LogP contribution in [0.5, 0.6) is 0 Å². The Hall–Kier alpha value is -3.13. The number of hydrogen-bond acceptors (Lipinski definition) is 6. The van der Waals surface area contributed by atoms with Gasteiger partial charge in [-0.1, -0.05) is 0 Å². The summed E-state index contributed by atoms with van der Waals surface area (Å²) in [6, 6.07) is 10.9. The van der Waals surface area contributed by atoms with Crippen molar-refractivity contribution in [3.8, 4) is 11.4 Å². The van der Waals surface area contributed by atoms with Gasteiger partial charge in [0.05, 0.1) is 16.0 Å². The molecule has 0 bridgehead atoms. The number of nitrogens with two attached hydrogens (primary N) is 1. The maximum absolute atomic E-state index is 11.1. The first-order valence-corrected chi connectivity index (χ1v) is 8.49. The molecule has 134 valence electrons. The fourth-order valence-corrected chi connectivity index (χ4v) is 3.24. The van der Waals surface area contributed by atoms with E-state index in [2.05, 4.69) is 38.9 Å². The molecule has 0 radical (unpaired) electrons. The Morgan fingerprint density at radius 2 is 1.92 bits per heavy atom. The SMILES string of the molecule is CN1CCN(c2ccc3[nH]c(-c4ccc(N)c([N+](=O)[O-])c4)nc3c2)CC1. The van der Waals surface area contributed by atoms with E-state index in [0.717, 1.165) is 42.9 Å². The molecule has 26 heavy (non-hydrogen) atoms. The number of rotatable bonds is 3. The summed E-state index contributed by atoms with van der Waals surface area (Å²) in [4.78, 5) is 23.2. The second-order valence-electron chi connectivity index (χ2n) is 6.61. The number of anilines is 2. The van der Waals surface area contributed by atoms with E-state index in [9.17, 15) is 10.1 Å². The van der Waals surface area contributed by atoms with E-state index in [1.165, 1.54) is 12.1 Å². The van der Waals surface area contributed by atoms with Crippen LogP contribution in [-0.4, -0.2) is 53.0 Å². The molecule has 1 saturated heterocycles. The molecule has 0 amide bonds. The number of H-pyrrole nitrogens is 1. The third-order valence-corrected chi connectivity index (χ3v) is 4.84. The van der Waals surface area contributed by atoms with Crippen molar-refractivity contribution >= 4 is 28.1 Å². The van der Waals surface area contributed by atoms with Crippen LogP contribution in [0.25, 0.3) is 22.4 Å². The number of nitrogens with one attached hydrogen (secondary N) is 1. The number of hydrogen-bond donors (Lipinski definition) is 2. The van der Waals surface area contributed by atoms with E-state index in [4.69, 9.17) is 5.73 Å². The standard InChI is InChI=1S/C18H20N6O2/c1-22-6-8-23(9-7-22)13-3-5-15-16(11-13)21-18(20-15)12-2-4-14(19)17(10-12)24(25)26/h2-5,10-11H,6-9,19H2,1H3,(H,20,21). The van der Waals surface area contributed by atoms with Crippen molar-refractivity contribution in [2.45, 2.75) is 0 Å². The topological polar surface area (TPSA) is 104 Å². The van der Waals surface area contributed by atoms with Gasteiger partial charge in [-0.05, 0) is 37.4 Å². The van der Waals surface area contributed by atoms with Crippen LogP contribution in [0.4, 0.5) is 17.1 Å². The minimum atomic E-state index is -0.479. The van der Waals surface area contributed by atoms with Gasteiger partial charge in [-0.25, -0.2) is 4.98 Å².